The Balaban J connectivity index is 1.78. The number of hydrogen-bond donors (Lipinski definition) is 1. The average molecular weight is 475 g/mol. The predicted octanol–water partition coefficient (Wildman–Crippen LogP) is 4.45. The highest BCUT2D eigenvalue weighted by molar-refractivity contribution is 7.90. The molecular formula is C21H16Cl2N4O3S. The first-order valence-corrected chi connectivity index (χ1v) is 11.7. The van der Waals surface area contributed by atoms with Crippen molar-refractivity contribution in [2.45, 2.75) is 4.90 Å². The summed E-state index contributed by atoms with van der Waals surface area (Å²) in [4.78, 5) is 21.9. The van der Waals surface area contributed by atoms with Crippen molar-refractivity contribution in [2.24, 2.45) is 7.05 Å². The third kappa shape index (κ3) is 4.27. The number of aryl methyl sites for hydroxylation is 1. The molecule has 0 unspecified atom stereocenters. The van der Waals surface area contributed by atoms with Gasteiger partial charge in [0.2, 0.25) is 5.95 Å². The number of aromatic nitrogens is 3. The number of anilines is 2. The Bertz CT molecular complexity index is 1500. The van der Waals surface area contributed by atoms with Gasteiger partial charge in [0.15, 0.2) is 9.84 Å². The maximum Gasteiger partial charge on any atom is 0.259 e. The van der Waals surface area contributed by atoms with E-state index in [4.69, 9.17) is 23.2 Å². The molecule has 2 heterocycles. The fourth-order valence-corrected chi connectivity index (χ4v) is 4.20. The van der Waals surface area contributed by atoms with Gasteiger partial charge < -0.3 is 5.32 Å². The molecule has 2 aromatic carbocycles. The first-order valence-electron chi connectivity index (χ1n) is 9.03. The van der Waals surface area contributed by atoms with Crippen molar-refractivity contribution in [3.05, 3.63) is 75.1 Å². The summed E-state index contributed by atoms with van der Waals surface area (Å²) < 4.78 is 25.0. The van der Waals surface area contributed by atoms with Crippen molar-refractivity contribution in [2.75, 3.05) is 11.6 Å². The van der Waals surface area contributed by atoms with Gasteiger partial charge in [-0.25, -0.2) is 13.4 Å². The maximum atomic E-state index is 13.0. The van der Waals surface area contributed by atoms with Crippen molar-refractivity contribution in [1.29, 1.82) is 0 Å². The fraction of sp³-hybridized carbons (Fsp3) is 0.0952. The number of hydrogen-bond acceptors (Lipinski definition) is 6. The molecule has 31 heavy (non-hydrogen) atoms. The normalized spacial score (nSPS) is 11.6. The summed E-state index contributed by atoms with van der Waals surface area (Å²) in [6.07, 6.45) is 2.71. The van der Waals surface area contributed by atoms with Crippen LogP contribution in [0.5, 0.6) is 0 Å². The van der Waals surface area contributed by atoms with E-state index in [-0.39, 0.29) is 16.4 Å². The average Bonchev–Trinajstić information content (AvgIpc) is 2.72. The molecule has 0 radical (unpaired) electrons. The van der Waals surface area contributed by atoms with E-state index in [2.05, 4.69) is 15.3 Å². The van der Waals surface area contributed by atoms with Gasteiger partial charge in [0.1, 0.15) is 5.65 Å². The van der Waals surface area contributed by atoms with Crippen LogP contribution in [0.15, 0.2) is 64.4 Å². The summed E-state index contributed by atoms with van der Waals surface area (Å²) in [5, 5.41) is 4.48. The summed E-state index contributed by atoms with van der Waals surface area (Å²) in [5.74, 6) is 0.224. The number of sulfone groups is 1. The molecule has 0 atom stereocenters. The van der Waals surface area contributed by atoms with Crippen LogP contribution >= 0.6 is 23.2 Å². The monoisotopic (exact) mass is 474 g/mol. The highest BCUT2D eigenvalue weighted by Crippen LogP contribution is 2.30. The van der Waals surface area contributed by atoms with Gasteiger partial charge in [0, 0.05) is 51.7 Å². The lowest BCUT2D eigenvalue weighted by Crippen LogP contribution is -2.20. The Morgan fingerprint density at radius 1 is 1.03 bits per heavy atom. The molecule has 4 aromatic rings. The number of halogens is 2. The molecule has 7 nitrogen and oxygen atoms in total. The molecule has 1 N–H and O–H groups in total. The molecule has 0 amide bonds. The number of pyridine rings is 1. The lowest BCUT2D eigenvalue weighted by atomic mass is 10.1. The summed E-state index contributed by atoms with van der Waals surface area (Å²) in [6.45, 7) is 0. The lowest BCUT2D eigenvalue weighted by molar-refractivity contribution is 0.602. The zero-order chi connectivity index (χ0) is 22.3. The van der Waals surface area contributed by atoms with Crippen LogP contribution in [-0.4, -0.2) is 29.2 Å². The van der Waals surface area contributed by atoms with E-state index in [1.165, 1.54) is 16.7 Å². The molecule has 0 aliphatic carbocycles. The summed E-state index contributed by atoms with van der Waals surface area (Å²) in [6, 6.07) is 12.9. The second-order valence-electron chi connectivity index (χ2n) is 6.94. The van der Waals surface area contributed by atoms with E-state index < -0.39 is 9.84 Å². The Labute approximate surface area is 188 Å². The molecule has 0 spiro atoms. The molecule has 0 saturated heterocycles. The van der Waals surface area contributed by atoms with Gasteiger partial charge in [0.05, 0.1) is 4.90 Å². The molecule has 0 saturated carbocycles. The summed E-state index contributed by atoms with van der Waals surface area (Å²) >= 11 is 12.4. The summed E-state index contributed by atoms with van der Waals surface area (Å²) in [7, 11) is -1.74. The van der Waals surface area contributed by atoms with Gasteiger partial charge in [-0.3, -0.25) is 9.36 Å². The van der Waals surface area contributed by atoms with Crippen LogP contribution in [0.1, 0.15) is 0 Å². The lowest BCUT2D eigenvalue weighted by Gasteiger charge is -2.11. The zero-order valence-electron chi connectivity index (χ0n) is 16.4. The Morgan fingerprint density at radius 2 is 1.81 bits per heavy atom. The van der Waals surface area contributed by atoms with Crippen LogP contribution < -0.4 is 10.9 Å². The quantitative estimate of drug-likeness (QED) is 0.469. The van der Waals surface area contributed by atoms with E-state index in [1.54, 1.807) is 49.6 Å². The molecule has 2 aromatic heterocycles. The Morgan fingerprint density at radius 3 is 2.55 bits per heavy atom. The van der Waals surface area contributed by atoms with Gasteiger partial charge in [-0.15, -0.1) is 0 Å². The number of nitrogens with one attached hydrogen (secondary N) is 1. The van der Waals surface area contributed by atoms with Crippen molar-refractivity contribution >= 4 is 55.7 Å². The van der Waals surface area contributed by atoms with E-state index in [1.807, 2.05) is 0 Å². The van der Waals surface area contributed by atoms with Crippen LogP contribution in [0.25, 0.3) is 22.2 Å². The zero-order valence-corrected chi connectivity index (χ0v) is 18.8. The Hall–Kier alpha value is -2.94. The first-order chi connectivity index (χ1) is 14.6. The molecule has 10 heteroatoms. The Kier molecular flexibility index (Phi) is 5.47. The largest absolute Gasteiger partial charge is 0.324 e. The van der Waals surface area contributed by atoms with Crippen LogP contribution in [0.3, 0.4) is 0 Å². The molecule has 0 aliphatic heterocycles. The smallest absolute Gasteiger partial charge is 0.259 e. The number of fused-ring (bicyclic) bond motifs is 1. The van der Waals surface area contributed by atoms with Crippen LogP contribution in [0.4, 0.5) is 11.6 Å². The summed E-state index contributed by atoms with van der Waals surface area (Å²) in [5.41, 5.74) is 1.53. The van der Waals surface area contributed by atoms with Crippen LogP contribution in [0.2, 0.25) is 10.0 Å². The maximum absolute atomic E-state index is 13.0. The van der Waals surface area contributed by atoms with E-state index in [0.29, 0.717) is 37.9 Å². The van der Waals surface area contributed by atoms with Crippen molar-refractivity contribution < 1.29 is 8.42 Å². The van der Waals surface area contributed by atoms with E-state index in [9.17, 15) is 13.2 Å². The minimum absolute atomic E-state index is 0.175. The van der Waals surface area contributed by atoms with Crippen LogP contribution in [0, 0.1) is 0 Å². The minimum atomic E-state index is -3.35. The van der Waals surface area contributed by atoms with Gasteiger partial charge in [-0.05, 0) is 42.5 Å². The number of rotatable bonds is 4. The second-order valence-corrected chi connectivity index (χ2v) is 9.80. The highest BCUT2D eigenvalue weighted by Gasteiger charge is 2.14. The van der Waals surface area contributed by atoms with Crippen molar-refractivity contribution in [3.63, 3.8) is 0 Å². The topological polar surface area (TPSA) is 94.0 Å². The van der Waals surface area contributed by atoms with E-state index in [0.717, 1.165) is 6.26 Å². The van der Waals surface area contributed by atoms with Crippen molar-refractivity contribution in [1.82, 2.24) is 14.5 Å². The van der Waals surface area contributed by atoms with Gasteiger partial charge >= 0.3 is 0 Å². The second kappa shape index (κ2) is 7.96. The molecule has 0 bridgehead atoms. The standard InChI is InChI=1S/C21H16Cl2N4O3S/c1-27-19-12(8-17(20(27)28)16-9-13(22)6-7-18(16)23)11-24-21(26-19)25-14-4-3-5-15(10-14)31(2,29)30/h3-11H,1-2H3,(H,24,25,26). The molecule has 0 aliphatic rings. The van der Waals surface area contributed by atoms with Crippen molar-refractivity contribution in [3.8, 4) is 11.1 Å². The first kappa shape index (κ1) is 21.3. The highest BCUT2D eigenvalue weighted by atomic mass is 35.5. The van der Waals surface area contributed by atoms with Crippen LogP contribution in [-0.2, 0) is 16.9 Å². The fourth-order valence-electron chi connectivity index (χ4n) is 3.14. The van der Waals surface area contributed by atoms with E-state index >= 15 is 0 Å². The molecular weight excluding hydrogens is 459 g/mol. The molecule has 0 fully saturated rings. The number of benzene rings is 2. The van der Waals surface area contributed by atoms with Gasteiger partial charge in [0.25, 0.3) is 5.56 Å². The predicted molar refractivity (Wildman–Crippen MR) is 123 cm³/mol. The number of nitrogens with zero attached hydrogens (tertiary/aromatic N) is 3. The SMILES string of the molecule is Cn1c(=O)c(-c2cc(Cl)ccc2Cl)cc2cnc(Nc3cccc(S(C)(=O)=O)c3)nc21. The van der Waals surface area contributed by atoms with Gasteiger partial charge in [-0.1, -0.05) is 29.3 Å². The minimum Gasteiger partial charge on any atom is -0.324 e. The third-order valence-corrected chi connectivity index (χ3v) is 6.36. The molecule has 158 valence electrons. The third-order valence-electron chi connectivity index (χ3n) is 4.69. The van der Waals surface area contributed by atoms with Gasteiger partial charge in [-0.2, -0.15) is 4.98 Å². The molecule has 4 rings (SSSR count).